The summed E-state index contributed by atoms with van der Waals surface area (Å²) in [5, 5.41) is 7.18. The van der Waals surface area contributed by atoms with Gasteiger partial charge in [0.2, 0.25) is 0 Å². The van der Waals surface area contributed by atoms with Gasteiger partial charge >= 0.3 is 0 Å². The maximum atomic E-state index is 13.2. The van der Waals surface area contributed by atoms with Gasteiger partial charge in [0.25, 0.3) is 5.91 Å². The van der Waals surface area contributed by atoms with Crippen LogP contribution in [-0.2, 0) is 6.54 Å². The summed E-state index contributed by atoms with van der Waals surface area (Å²) in [6, 6.07) is 18.8. The molecule has 0 saturated carbocycles. The molecule has 3 N–H and O–H groups in total. The van der Waals surface area contributed by atoms with Gasteiger partial charge in [-0.3, -0.25) is 4.79 Å². The van der Waals surface area contributed by atoms with Crippen LogP contribution in [0, 0.1) is 11.6 Å². The Bertz CT molecular complexity index is 1540. The molecule has 2 heterocycles. The molecule has 5 rings (SSSR count). The monoisotopic (exact) mass is 456 g/mol. The summed E-state index contributed by atoms with van der Waals surface area (Å²) in [6.07, 6.45) is 1.49. The molecule has 0 radical (unpaired) electrons. The molecule has 0 spiro atoms. The highest BCUT2D eigenvalue weighted by atomic mass is 19.1. The summed E-state index contributed by atoms with van der Waals surface area (Å²) >= 11 is 0. The molecule has 0 aliphatic carbocycles. The summed E-state index contributed by atoms with van der Waals surface area (Å²) in [5.41, 5.74) is 9.67. The number of halogens is 2. The van der Waals surface area contributed by atoms with E-state index < -0.39 is 5.91 Å². The summed E-state index contributed by atoms with van der Waals surface area (Å²) in [7, 11) is 0. The smallest absolute Gasteiger partial charge is 0.257 e. The minimum absolute atomic E-state index is 0.0558. The van der Waals surface area contributed by atoms with Gasteiger partial charge in [-0.25, -0.2) is 18.7 Å². The Kier molecular flexibility index (Phi) is 5.43. The molecule has 5 aromatic rings. The van der Waals surface area contributed by atoms with Crippen molar-refractivity contribution in [2.75, 3.05) is 5.73 Å². The van der Waals surface area contributed by atoms with Crippen molar-refractivity contribution in [3.05, 3.63) is 101 Å². The van der Waals surface area contributed by atoms with Crippen LogP contribution < -0.4 is 11.1 Å². The van der Waals surface area contributed by atoms with Crippen LogP contribution in [0.2, 0.25) is 0 Å². The minimum atomic E-state index is -0.466. The van der Waals surface area contributed by atoms with Gasteiger partial charge in [-0.05, 0) is 47.5 Å². The van der Waals surface area contributed by atoms with Crippen LogP contribution >= 0.6 is 0 Å². The molecule has 0 unspecified atom stereocenters. The summed E-state index contributed by atoms with van der Waals surface area (Å²) in [6.45, 7) is 0.172. The predicted octanol–water partition coefficient (Wildman–Crippen LogP) is 4.26. The zero-order chi connectivity index (χ0) is 23.7. The summed E-state index contributed by atoms with van der Waals surface area (Å²) in [5.74, 6) is -1.13. The number of fused-ring (bicyclic) bond motifs is 2. The number of hydrogen-bond acceptors (Lipinski definition) is 5. The normalized spacial score (nSPS) is 11.5. The third kappa shape index (κ3) is 4.06. The van der Waals surface area contributed by atoms with Crippen molar-refractivity contribution in [1.29, 1.82) is 0 Å². The summed E-state index contributed by atoms with van der Waals surface area (Å²) in [4.78, 5) is 22.4. The van der Waals surface area contributed by atoms with E-state index in [0.29, 0.717) is 27.8 Å². The lowest BCUT2D eigenvalue weighted by Gasteiger charge is -2.06. The fourth-order valence-electron chi connectivity index (χ4n) is 3.53. The number of para-hydroxylation sites is 2. The molecule has 0 aliphatic heterocycles. The van der Waals surface area contributed by atoms with Crippen LogP contribution in [0.4, 0.5) is 14.6 Å². The molecular weight excluding hydrogens is 438 g/mol. The van der Waals surface area contributed by atoms with Crippen molar-refractivity contribution >= 4 is 40.1 Å². The molecule has 0 atom stereocenters. The van der Waals surface area contributed by atoms with Gasteiger partial charge < -0.3 is 11.1 Å². The first-order valence-corrected chi connectivity index (χ1v) is 10.4. The Balaban J connectivity index is 1.57. The Hall–Kier alpha value is -4.66. The van der Waals surface area contributed by atoms with E-state index in [-0.39, 0.29) is 29.6 Å². The van der Waals surface area contributed by atoms with Crippen LogP contribution in [0.1, 0.15) is 21.5 Å². The van der Waals surface area contributed by atoms with E-state index in [1.54, 1.807) is 36.4 Å². The van der Waals surface area contributed by atoms with E-state index >= 15 is 0 Å². The number of benzene rings is 3. The molecule has 0 saturated heterocycles. The number of amides is 1. The molecular formula is C25H18F2N6O. The van der Waals surface area contributed by atoms with Crippen molar-refractivity contribution < 1.29 is 13.6 Å². The number of nitrogen functional groups attached to an aromatic ring is 1. The summed E-state index contributed by atoms with van der Waals surface area (Å²) < 4.78 is 27.7. The number of carbonyl (C=O) groups is 1. The standard InChI is InChI=1S/C25H18F2N6O/c26-17-9-5-15(6-10-17)13-29-25(34)21-22-24(32-20-4-2-1-3-19(20)31-22)33(23(21)28)30-14-16-7-11-18(27)12-8-16/h1-12,14H,13,28H2,(H,29,34)/b30-14-. The minimum Gasteiger partial charge on any atom is -0.383 e. The van der Waals surface area contributed by atoms with Crippen molar-refractivity contribution in [2.24, 2.45) is 5.10 Å². The first-order chi connectivity index (χ1) is 16.5. The second-order valence-electron chi connectivity index (χ2n) is 7.56. The largest absolute Gasteiger partial charge is 0.383 e. The lowest BCUT2D eigenvalue weighted by atomic mass is 10.2. The lowest BCUT2D eigenvalue weighted by molar-refractivity contribution is 0.0953. The molecule has 7 nitrogen and oxygen atoms in total. The van der Waals surface area contributed by atoms with Gasteiger partial charge in [-0.15, -0.1) is 0 Å². The van der Waals surface area contributed by atoms with Crippen molar-refractivity contribution in [2.45, 2.75) is 6.54 Å². The number of hydrogen-bond donors (Lipinski definition) is 2. The molecule has 2 aromatic heterocycles. The first kappa shape index (κ1) is 21.2. The third-order valence-corrected chi connectivity index (χ3v) is 5.26. The van der Waals surface area contributed by atoms with Crippen LogP contribution in [0.5, 0.6) is 0 Å². The van der Waals surface area contributed by atoms with Crippen LogP contribution in [0.3, 0.4) is 0 Å². The fourth-order valence-corrected chi connectivity index (χ4v) is 3.53. The Morgan fingerprint density at radius 1 is 0.941 bits per heavy atom. The van der Waals surface area contributed by atoms with E-state index in [4.69, 9.17) is 5.73 Å². The highest BCUT2D eigenvalue weighted by Crippen LogP contribution is 2.28. The van der Waals surface area contributed by atoms with Crippen LogP contribution in [0.15, 0.2) is 77.9 Å². The number of nitrogens with zero attached hydrogens (tertiary/aromatic N) is 4. The maximum Gasteiger partial charge on any atom is 0.257 e. The molecule has 0 fully saturated rings. The van der Waals surface area contributed by atoms with Crippen molar-refractivity contribution in [1.82, 2.24) is 20.0 Å². The maximum absolute atomic E-state index is 13.2. The lowest BCUT2D eigenvalue weighted by Crippen LogP contribution is -2.23. The predicted molar refractivity (Wildman–Crippen MR) is 126 cm³/mol. The van der Waals surface area contributed by atoms with E-state index in [1.807, 2.05) is 12.1 Å². The molecule has 0 aliphatic rings. The van der Waals surface area contributed by atoms with E-state index in [1.165, 1.54) is 35.2 Å². The molecule has 168 valence electrons. The molecule has 34 heavy (non-hydrogen) atoms. The number of nitrogens with two attached hydrogens (primary N) is 1. The third-order valence-electron chi connectivity index (χ3n) is 5.26. The average molecular weight is 456 g/mol. The molecule has 0 bridgehead atoms. The number of anilines is 1. The number of carbonyl (C=O) groups excluding carboxylic acids is 1. The second kappa shape index (κ2) is 8.70. The Morgan fingerprint density at radius 2 is 1.56 bits per heavy atom. The molecule has 9 heteroatoms. The zero-order valence-electron chi connectivity index (χ0n) is 17.7. The Morgan fingerprint density at radius 3 is 2.24 bits per heavy atom. The number of aromatic nitrogens is 3. The highest BCUT2D eigenvalue weighted by Gasteiger charge is 2.24. The topological polar surface area (TPSA) is 98.2 Å². The van der Waals surface area contributed by atoms with Crippen LogP contribution in [-0.4, -0.2) is 26.8 Å². The fraction of sp³-hybridized carbons (Fsp3) is 0.0400. The van der Waals surface area contributed by atoms with Gasteiger partial charge in [-0.2, -0.15) is 9.78 Å². The SMILES string of the molecule is Nc1c(C(=O)NCc2ccc(F)cc2)c2nc3ccccc3nc2n1/N=C\c1ccc(F)cc1. The zero-order valence-corrected chi connectivity index (χ0v) is 17.7. The van der Waals surface area contributed by atoms with E-state index in [0.717, 1.165) is 5.56 Å². The van der Waals surface area contributed by atoms with E-state index in [2.05, 4.69) is 20.4 Å². The van der Waals surface area contributed by atoms with Crippen LogP contribution in [0.25, 0.3) is 22.2 Å². The quantitative estimate of drug-likeness (QED) is 0.386. The van der Waals surface area contributed by atoms with Crippen molar-refractivity contribution in [3.8, 4) is 0 Å². The first-order valence-electron chi connectivity index (χ1n) is 10.4. The molecule has 1 amide bonds. The van der Waals surface area contributed by atoms with Gasteiger partial charge in [0.1, 0.15) is 28.5 Å². The van der Waals surface area contributed by atoms with Gasteiger partial charge in [0.05, 0.1) is 17.2 Å². The van der Waals surface area contributed by atoms with Gasteiger partial charge in [0, 0.05) is 6.54 Å². The van der Waals surface area contributed by atoms with Gasteiger partial charge in [-0.1, -0.05) is 36.4 Å². The molecule has 3 aromatic carbocycles. The average Bonchev–Trinajstić information content (AvgIpc) is 3.11. The number of nitrogens with one attached hydrogen (secondary N) is 1. The van der Waals surface area contributed by atoms with Crippen molar-refractivity contribution in [3.63, 3.8) is 0 Å². The Labute approximate surface area is 192 Å². The number of rotatable bonds is 5. The van der Waals surface area contributed by atoms with Gasteiger partial charge in [0.15, 0.2) is 5.65 Å². The second-order valence-corrected chi connectivity index (χ2v) is 7.56. The van der Waals surface area contributed by atoms with E-state index in [9.17, 15) is 13.6 Å². The highest BCUT2D eigenvalue weighted by molar-refractivity contribution is 6.10.